The largest absolute Gasteiger partial charge is 0.376 e. The lowest BCUT2D eigenvalue weighted by Crippen LogP contribution is -2.38. The van der Waals surface area contributed by atoms with Gasteiger partial charge < -0.3 is 15.0 Å². The number of thioether (sulfide) groups is 1. The minimum atomic E-state index is -0.236. The van der Waals surface area contributed by atoms with E-state index in [1.165, 1.54) is 23.7 Å². The predicted octanol–water partition coefficient (Wildman–Crippen LogP) is 0.872. The van der Waals surface area contributed by atoms with E-state index in [0.717, 1.165) is 12.8 Å². The van der Waals surface area contributed by atoms with Crippen LogP contribution in [-0.4, -0.2) is 65.4 Å². The van der Waals surface area contributed by atoms with Crippen LogP contribution in [0.3, 0.4) is 0 Å². The summed E-state index contributed by atoms with van der Waals surface area (Å²) >= 11 is 1.20. The van der Waals surface area contributed by atoms with Crippen LogP contribution < -0.4 is 10.9 Å². The zero-order valence-corrected chi connectivity index (χ0v) is 16.8. The van der Waals surface area contributed by atoms with Crippen molar-refractivity contribution in [3.8, 4) is 0 Å². The van der Waals surface area contributed by atoms with Gasteiger partial charge in [0.15, 0.2) is 5.16 Å². The Morgan fingerprint density at radius 2 is 2.18 bits per heavy atom. The molecular formula is C19H24N4O4S. The summed E-state index contributed by atoms with van der Waals surface area (Å²) in [5.74, 6) is -0.358. The minimum absolute atomic E-state index is 0.0102. The van der Waals surface area contributed by atoms with Crippen LogP contribution in [0, 0.1) is 0 Å². The molecule has 9 heteroatoms. The average Bonchev–Trinajstić information content (AvgIpc) is 3.21. The van der Waals surface area contributed by atoms with E-state index in [4.69, 9.17) is 4.74 Å². The van der Waals surface area contributed by atoms with Gasteiger partial charge in [-0.3, -0.25) is 19.0 Å². The van der Waals surface area contributed by atoms with Crippen LogP contribution in [0.15, 0.2) is 34.2 Å². The Hall–Kier alpha value is -2.39. The van der Waals surface area contributed by atoms with E-state index in [1.807, 2.05) is 12.1 Å². The number of fused-ring (bicyclic) bond motifs is 1. The van der Waals surface area contributed by atoms with Crippen LogP contribution in [0.25, 0.3) is 10.9 Å². The SMILES string of the molecule is CNC(=O)CN(C)C(=O)CSc1nc2ccccc2c(=O)n1C[C@@H]1CCCO1. The summed E-state index contributed by atoms with van der Waals surface area (Å²) in [6.45, 7) is 1.11. The number of ether oxygens (including phenoxy) is 1. The fourth-order valence-corrected chi connectivity index (χ4v) is 3.98. The Morgan fingerprint density at radius 1 is 1.39 bits per heavy atom. The smallest absolute Gasteiger partial charge is 0.262 e. The quantitative estimate of drug-likeness (QED) is 0.544. The number of likely N-dealkylation sites (N-methyl/N-ethyl adjacent to an activating group) is 2. The van der Waals surface area contributed by atoms with E-state index >= 15 is 0 Å². The Bertz CT molecular complexity index is 924. The Morgan fingerprint density at radius 3 is 2.89 bits per heavy atom. The second kappa shape index (κ2) is 9.20. The molecule has 0 aliphatic carbocycles. The Kier molecular flexibility index (Phi) is 6.69. The van der Waals surface area contributed by atoms with Gasteiger partial charge in [0.25, 0.3) is 5.56 Å². The van der Waals surface area contributed by atoms with Crippen molar-refractivity contribution in [2.24, 2.45) is 0 Å². The van der Waals surface area contributed by atoms with Crippen molar-refractivity contribution in [3.05, 3.63) is 34.6 Å². The summed E-state index contributed by atoms with van der Waals surface area (Å²) in [5.41, 5.74) is 0.472. The third kappa shape index (κ3) is 4.71. The number of amides is 2. The molecule has 28 heavy (non-hydrogen) atoms. The van der Waals surface area contributed by atoms with Crippen molar-refractivity contribution in [2.75, 3.05) is 33.0 Å². The first-order valence-electron chi connectivity index (χ1n) is 9.18. The number of hydrogen-bond donors (Lipinski definition) is 1. The maximum absolute atomic E-state index is 13.0. The molecule has 2 amide bonds. The maximum atomic E-state index is 13.0. The highest BCUT2D eigenvalue weighted by atomic mass is 32.2. The van der Waals surface area contributed by atoms with Gasteiger partial charge in [0, 0.05) is 20.7 Å². The highest BCUT2D eigenvalue weighted by Gasteiger charge is 2.21. The van der Waals surface area contributed by atoms with E-state index < -0.39 is 0 Å². The normalized spacial score (nSPS) is 16.3. The highest BCUT2D eigenvalue weighted by molar-refractivity contribution is 7.99. The first-order valence-corrected chi connectivity index (χ1v) is 10.2. The summed E-state index contributed by atoms with van der Waals surface area (Å²) in [6.07, 6.45) is 1.86. The molecule has 1 atom stereocenters. The first kappa shape index (κ1) is 20.3. The van der Waals surface area contributed by atoms with E-state index in [-0.39, 0.29) is 35.8 Å². The minimum Gasteiger partial charge on any atom is -0.376 e. The number of rotatable bonds is 7. The van der Waals surface area contributed by atoms with Gasteiger partial charge in [0.1, 0.15) is 0 Å². The lowest BCUT2D eigenvalue weighted by molar-refractivity contribution is -0.132. The van der Waals surface area contributed by atoms with Crippen LogP contribution in [-0.2, 0) is 20.9 Å². The molecule has 1 aliphatic heterocycles. The summed E-state index contributed by atoms with van der Waals surface area (Å²) in [7, 11) is 3.10. The second-order valence-electron chi connectivity index (χ2n) is 6.67. The molecule has 2 aromatic rings. The fourth-order valence-electron chi connectivity index (χ4n) is 3.03. The van der Waals surface area contributed by atoms with Gasteiger partial charge in [-0.1, -0.05) is 23.9 Å². The molecule has 1 aliphatic rings. The van der Waals surface area contributed by atoms with Gasteiger partial charge >= 0.3 is 0 Å². The molecule has 150 valence electrons. The molecule has 1 aromatic carbocycles. The van der Waals surface area contributed by atoms with Crippen molar-refractivity contribution in [2.45, 2.75) is 30.6 Å². The second-order valence-corrected chi connectivity index (χ2v) is 7.62. The van der Waals surface area contributed by atoms with Crippen molar-refractivity contribution in [1.82, 2.24) is 19.8 Å². The molecule has 2 heterocycles. The molecule has 1 saturated heterocycles. The van der Waals surface area contributed by atoms with E-state index in [0.29, 0.717) is 29.2 Å². The van der Waals surface area contributed by atoms with Crippen molar-refractivity contribution in [3.63, 3.8) is 0 Å². The number of nitrogens with zero attached hydrogens (tertiary/aromatic N) is 3. The summed E-state index contributed by atoms with van der Waals surface area (Å²) in [4.78, 5) is 42.8. The first-order chi connectivity index (χ1) is 13.5. The Labute approximate surface area is 167 Å². The lowest BCUT2D eigenvalue weighted by Gasteiger charge is -2.18. The van der Waals surface area contributed by atoms with Crippen molar-refractivity contribution in [1.29, 1.82) is 0 Å². The molecule has 0 radical (unpaired) electrons. The van der Waals surface area contributed by atoms with Crippen molar-refractivity contribution >= 4 is 34.5 Å². The molecule has 8 nitrogen and oxygen atoms in total. The number of carbonyl (C=O) groups excluding carboxylic acids is 2. The average molecular weight is 404 g/mol. The monoisotopic (exact) mass is 404 g/mol. The van der Waals surface area contributed by atoms with E-state index in [9.17, 15) is 14.4 Å². The number of benzene rings is 1. The van der Waals surface area contributed by atoms with Gasteiger partial charge in [0.2, 0.25) is 11.8 Å². The molecule has 1 fully saturated rings. The van der Waals surface area contributed by atoms with Crippen LogP contribution >= 0.6 is 11.8 Å². The third-order valence-corrected chi connectivity index (χ3v) is 5.61. The topological polar surface area (TPSA) is 93.5 Å². The number of nitrogens with one attached hydrogen (secondary N) is 1. The van der Waals surface area contributed by atoms with Gasteiger partial charge in [0.05, 0.1) is 35.8 Å². The molecular weight excluding hydrogens is 380 g/mol. The van der Waals surface area contributed by atoms with Crippen LogP contribution in [0.1, 0.15) is 12.8 Å². The third-order valence-electron chi connectivity index (χ3n) is 4.65. The molecule has 0 bridgehead atoms. The van der Waals surface area contributed by atoms with Crippen LogP contribution in [0.4, 0.5) is 0 Å². The van der Waals surface area contributed by atoms with E-state index in [2.05, 4.69) is 10.3 Å². The molecule has 0 saturated carbocycles. The zero-order valence-electron chi connectivity index (χ0n) is 16.0. The van der Waals surface area contributed by atoms with Gasteiger partial charge in [-0.05, 0) is 25.0 Å². The molecule has 0 spiro atoms. The molecule has 1 aromatic heterocycles. The Balaban J connectivity index is 1.83. The van der Waals surface area contributed by atoms with Gasteiger partial charge in [-0.15, -0.1) is 0 Å². The number of carbonyl (C=O) groups is 2. The summed E-state index contributed by atoms with van der Waals surface area (Å²) in [6, 6.07) is 7.19. The lowest BCUT2D eigenvalue weighted by atomic mass is 10.2. The zero-order chi connectivity index (χ0) is 20.1. The van der Waals surface area contributed by atoms with Crippen LogP contribution in [0.2, 0.25) is 0 Å². The van der Waals surface area contributed by atoms with Crippen LogP contribution in [0.5, 0.6) is 0 Å². The predicted molar refractivity (Wildman–Crippen MR) is 107 cm³/mol. The number of aromatic nitrogens is 2. The van der Waals surface area contributed by atoms with Crippen molar-refractivity contribution < 1.29 is 14.3 Å². The summed E-state index contributed by atoms with van der Waals surface area (Å²) < 4.78 is 7.29. The van der Waals surface area contributed by atoms with Gasteiger partial charge in [-0.2, -0.15) is 0 Å². The van der Waals surface area contributed by atoms with Gasteiger partial charge in [-0.25, -0.2) is 4.98 Å². The van der Waals surface area contributed by atoms with E-state index in [1.54, 1.807) is 23.7 Å². The number of hydrogen-bond acceptors (Lipinski definition) is 6. The number of para-hydroxylation sites is 1. The summed E-state index contributed by atoms with van der Waals surface area (Å²) in [5, 5.41) is 3.53. The maximum Gasteiger partial charge on any atom is 0.262 e. The molecule has 1 N–H and O–H groups in total. The standard InChI is InChI=1S/C19H24N4O4S/c1-20-16(24)11-22(2)17(25)12-28-19-21-15-8-4-3-7-14(15)18(26)23(19)10-13-6-5-9-27-13/h3-4,7-8,13H,5-6,9-12H2,1-2H3,(H,20,24)/t13-/m0/s1. The fraction of sp³-hybridized carbons (Fsp3) is 0.474. The highest BCUT2D eigenvalue weighted by Crippen LogP contribution is 2.21. The molecule has 0 unspecified atom stereocenters. The molecule has 3 rings (SSSR count).